The van der Waals surface area contributed by atoms with E-state index in [2.05, 4.69) is 5.32 Å². The lowest BCUT2D eigenvalue weighted by Gasteiger charge is -2.18. The lowest BCUT2D eigenvalue weighted by atomic mass is 10.0. The average molecular weight is 387 g/mol. The molecule has 0 bridgehead atoms. The highest BCUT2D eigenvalue weighted by molar-refractivity contribution is 6.30. The Hall–Kier alpha value is -2.53. The molecule has 0 saturated heterocycles. The van der Waals surface area contributed by atoms with Crippen LogP contribution in [0.3, 0.4) is 0 Å². The number of nitrogens with zero attached hydrogens (tertiary/aromatic N) is 1. The van der Waals surface area contributed by atoms with Crippen LogP contribution in [-0.2, 0) is 22.6 Å². The van der Waals surface area contributed by atoms with Crippen molar-refractivity contribution in [1.29, 1.82) is 0 Å². The first-order chi connectivity index (χ1) is 13.0. The number of nitrogens with one attached hydrogen (secondary N) is 1. The van der Waals surface area contributed by atoms with Gasteiger partial charge in [0.1, 0.15) is 5.75 Å². The lowest BCUT2D eigenvalue weighted by Crippen LogP contribution is -2.26. The van der Waals surface area contributed by atoms with E-state index in [1.165, 1.54) is 0 Å². The summed E-state index contributed by atoms with van der Waals surface area (Å²) in [6.45, 7) is 1.01. The number of anilines is 1. The molecule has 6 heteroatoms. The maximum absolute atomic E-state index is 12.3. The highest BCUT2D eigenvalue weighted by Crippen LogP contribution is 2.26. The van der Waals surface area contributed by atoms with Gasteiger partial charge in [0.05, 0.1) is 6.61 Å². The van der Waals surface area contributed by atoms with E-state index in [1.807, 2.05) is 42.5 Å². The molecule has 142 valence electrons. The number of hydrogen-bond acceptors (Lipinski definition) is 3. The summed E-state index contributed by atoms with van der Waals surface area (Å²) in [5.41, 5.74) is 2.96. The Morgan fingerprint density at radius 2 is 2.07 bits per heavy atom. The Bertz CT molecular complexity index is 838. The highest BCUT2D eigenvalue weighted by Gasteiger charge is 2.15. The van der Waals surface area contributed by atoms with Crippen molar-refractivity contribution >= 4 is 29.1 Å². The van der Waals surface area contributed by atoms with Crippen LogP contribution in [-0.4, -0.2) is 30.4 Å². The van der Waals surface area contributed by atoms with E-state index >= 15 is 0 Å². The third-order valence-corrected chi connectivity index (χ3v) is 4.75. The van der Waals surface area contributed by atoms with E-state index in [0.29, 0.717) is 37.4 Å². The molecule has 0 unspecified atom stereocenters. The van der Waals surface area contributed by atoms with Crippen LogP contribution < -0.4 is 10.1 Å². The molecule has 0 spiro atoms. The standard InChI is InChI=1S/C21H23ClN2O3/c1-24(14-15-4-2-5-17(22)12-15)21(26)6-3-11-27-18-8-9-19-16(13-18)7-10-20(25)23-19/h2,4-5,8-9,12-13H,3,6-7,10-11,14H2,1H3,(H,23,25). The van der Waals surface area contributed by atoms with Crippen LogP contribution in [0.1, 0.15) is 30.4 Å². The molecule has 2 amide bonds. The van der Waals surface area contributed by atoms with Gasteiger partial charge in [0.2, 0.25) is 11.8 Å². The van der Waals surface area contributed by atoms with Crippen molar-refractivity contribution in [2.24, 2.45) is 0 Å². The van der Waals surface area contributed by atoms with Crippen LogP contribution in [0.5, 0.6) is 5.75 Å². The number of fused-ring (bicyclic) bond motifs is 1. The summed E-state index contributed by atoms with van der Waals surface area (Å²) in [6, 6.07) is 13.2. The van der Waals surface area contributed by atoms with Crippen LogP contribution in [0.4, 0.5) is 5.69 Å². The fourth-order valence-corrected chi connectivity index (χ4v) is 3.26. The summed E-state index contributed by atoms with van der Waals surface area (Å²) in [5.74, 6) is 0.896. The van der Waals surface area contributed by atoms with E-state index < -0.39 is 0 Å². The second-order valence-corrected chi connectivity index (χ2v) is 7.14. The fourth-order valence-electron chi connectivity index (χ4n) is 3.05. The number of rotatable bonds is 7. The van der Waals surface area contributed by atoms with Crippen LogP contribution in [0.25, 0.3) is 0 Å². The van der Waals surface area contributed by atoms with Gasteiger partial charge in [-0.25, -0.2) is 0 Å². The second-order valence-electron chi connectivity index (χ2n) is 6.70. The van der Waals surface area contributed by atoms with E-state index in [0.717, 1.165) is 29.0 Å². The zero-order valence-electron chi connectivity index (χ0n) is 15.3. The third-order valence-electron chi connectivity index (χ3n) is 4.51. The largest absolute Gasteiger partial charge is 0.494 e. The molecule has 2 aromatic rings. The summed E-state index contributed by atoms with van der Waals surface area (Å²) in [5, 5.41) is 3.52. The Labute approximate surface area is 164 Å². The van der Waals surface area contributed by atoms with Crippen molar-refractivity contribution in [1.82, 2.24) is 4.90 Å². The molecule has 5 nitrogen and oxygen atoms in total. The van der Waals surface area contributed by atoms with Gasteiger partial charge in [0.15, 0.2) is 0 Å². The molecule has 1 aliphatic heterocycles. The van der Waals surface area contributed by atoms with Crippen molar-refractivity contribution < 1.29 is 14.3 Å². The normalized spacial score (nSPS) is 12.9. The molecule has 0 saturated carbocycles. The number of hydrogen-bond donors (Lipinski definition) is 1. The first kappa shape index (κ1) is 19.2. The molecule has 1 heterocycles. The predicted molar refractivity (Wildman–Crippen MR) is 106 cm³/mol. The SMILES string of the molecule is CN(Cc1cccc(Cl)c1)C(=O)CCCOc1ccc2c(c1)CCC(=O)N2. The van der Waals surface area contributed by atoms with Gasteiger partial charge in [-0.05, 0) is 54.3 Å². The van der Waals surface area contributed by atoms with Gasteiger partial charge >= 0.3 is 0 Å². The zero-order valence-corrected chi connectivity index (χ0v) is 16.1. The van der Waals surface area contributed by atoms with E-state index in [1.54, 1.807) is 11.9 Å². The number of amides is 2. The number of carbonyl (C=O) groups excluding carboxylic acids is 2. The summed E-state index contributed by atoms with van der Waals surface area (Å²) < 4.78 is 5.76. The monoisotopic (exact) mass is 386 g/mol. The Morgan fingerprint density at radius 3 is 2.89 bits per heavy atom. The predicted octanol–water partition coefficient (Wildman–Crippen LogP) is 4.04. The van der Waals surface area contributed by atoms with Gasteiger partial charge in [-0.3, -0.25) is 9.59 Å². The summed E-state index contributed by atoms with van der Waals surface area (Å²) >= 11 is 5.98. The van der Waals surface area contributed by atoms with Gasteiger partial charge in [-0.15, -0.1) is 0 Å². The van der Waals surface area contributed by atoms with Crippen LogP contribution in [0.2, 0.25) is 5.02 Å². The van der Waals surface area contributed by atoms with Crippen molar-refractivity contribution in [3.8, 4) is 5.75 Å². The average Bonchev–Trinajstić information content (AvgIpc) is 2.65. The third kappa shape index (κ3) is 5.47. The molecule has 0 atom stereocenters. The molecule has 3 rings (SSSR count). The highest BCUT2D eigenvalue weighted by atomic mass is 35.5. The molecule has 1 aliphatic rings. The molecule has 0 fully saturated rings. The molecule has 0 radical (unpaired) electrons. The van der Waals surface area contributed by atoms with Gasteiger partial charge in [-0.1, -0.05) is 23.7 Å². The summed E-state index contributed by atoms with van der Waals surface area (Å²) in [4.78, 5) is 25.4. The fraction of sp³-hybridized carbons (Fsp3) is 0.333. The smallest absolute Gasteiger partial charge is 0.224 e. The number of carbonyl (C=O) groups is 2. The van der Waals surface area contributed by atoms with Crippen molar-refractivity contribution in [3.05, 3.63) is 58.6 Å². The zero-order chi connectivity index (χ0) is 19.2. The maximum Gasteiger partial charge on any atom is 0.224 e. The molecule has 2 aromatic carbocycles. The number of ether oxygens (including phenoxy) is 1. The first-order valence-corrected chi connectivity index (χ1v) is 9.43. The number of aryl methyl sites for hydroxylation is 1. The number of benzene rings is 2. The maximum atomic E-state index is 12.3. The van der Waals surface area contributed by atoms with Gasteiger partial charge in [0.25, 0.3) is 0 Å². The molecular formula is C21H23ClN2O3. The van der Waals surface area contributed by atoms with E-state index in [-0.39, 0.29) is 11.8 Å². The van der Waals surface area contributed by atoms with Crippen LogP contribution in [0.15, 0.2) is 42.5 Å². The van der Waals surface area contributed by atoms with Crippen LogP contribution in [0, 0.1) is 0 Å². The minimum Gasteiger partial charge on any atom is -0.494 e. The van der Waals surface area contributed by atoms with Gasteiger partial charge in [0, 0.05) is 37.1 Å². The Morgan fingerprint density at radius 1 is 1.22 bits per heavy atom. The molecule has 1 N–H and O–H groups in total. The van der Waals surface area contributed by atoms with E-state index in [4.69, 9.17) is 16.3 Å². The summed E-state index contributed by atoms with van der Waals surface area (Å²) in [6.07, 6.45) is 2.31. The van der Waals surface area contributed by atoms with E-state index in [9.17, 15) is 9.59 Å². The topological polar surface area (TPSA) is 58.6 Å². The van der Waals surface area contributed by atoms with Crippen LogP contribution >= 0.6 is 11.6 Å². The quantitative estimate of drug-likeness (QED) is 0.730. The first-order valence-electron chi connectivity index (χ1n) is 9.05. The molecular weight excluding hydrogens is 364 g/mol. The minimum atomic E-state index is 0.0524. The van der Waals surface area contributed by atoms with Gasteiger partial charge < -0.3 is 15.0 Å². The Kier molecular flexibility index (Phi) is 6.35. The van der Waals surface area contributed by atoms with Gasteiger partial charge in [-0.2, -0.15) is 0 Å². The lowest BCUT2D eigenvalue weighted by molar-refractivity contribution is -0.130. The molecule has 27 heavy (non-hydrogen) atoms. The molecule has 0 aromatic heterocycles. The summed E-state index contributed by atoms with van der Waals surface area (Å²) in [7, 11) is 1.79. The Balaban J connectivity index is 1.42. The minimum absolute atomic E-state index is 0.0524. The van der Waals surface area contributed by atoms with Crippen molar-refractivity contribution in [2.45, 2.75) is 32.2 Å². The van der Waals surface area contributed by atoms with Crippen molar-refractivity contribution in [3.63, 3.8) is 0 Å². The molecule has 0 aliphatic carbocycles. The van der Waals surface area contributed by atoms with Crippen molar-refractivity contribution in [2.75, 3.05) is 19.0 Å². The number of halogens is 1. The second kappa shape index (κ2) is 8.91.